The average molecular weight is 611 g/mol. The molecular formula is C28H32BrN7O2S. The predicted molar refractivity (Wildman–Crippen MR) is 164 cm³/mol. The lowest BCUT2D eigenvalue weighted by molar-refractivity contribution is 0.386. The number of thiocarbonyl (C=S) groups is 1. The maximum absolute atomic E-state index is 13.3. The molecule has 0 amide bonds. The minimum Gasteiger partial charge on any atom is -0.345 e. The third-order valence-corrected chi connectivity index (χ3v) is 8.15. The van der Waals surface area contributed by atoms with Gasteiger partial charge in [0.1, 0.15) is 0 Å². The molecule has 0 aliphatic carbocycles. The number of aromatic nitrogens is 4. The number of rotatable bonds is 5. The molecule has 1 aliphatic rings. The molecule has 0 bridgehead atoms. The van der Waals surface area contributed by atoms with Crippen LogP contribution in [0, 0.1) is 0 Å². The zero-order valence-electron chi connectivity index (χ0n) is 22.5. The van der Waals surface area contributed by atoms with E-state index in [2.05, 4.69) is 69.2 Å². The number of halogens is 1. The summed E-state index contributed by atoms with van der Waals surface area (Å²) in [6.45, 7) is 7.56. The molecule has 1 fully saturated rings. The standard InChI is InChI=1S/C28H32BrN7O2S/c1-18(2)20-7-11-22(12-8-20)30-27(39)35-15-13-34(14-16-35)26-31-24-23(25(37)33(4)28(38)32(24)3)36(26)17-19-5-9-21(29)10-6-19/h5-12,18H,13-17H2,1-4H3,(H,30,39). The van der Waals surface area contributed by atoms with E-state index in [9.17, 15) is 9.59 Å². The van der Waals surface area contributed by atoms with Crippen molar-refractivity contribution in [1.29, 1.82) is 0 Å². The average Bonchev–Trinajstić information content (AvgIpc) is 3.31. The molecular weight excluding hydrogens is 578 g/mol. The van der Waals surface area contributed by atoms with Crippen molar-refractivity contribution in [1.82, 2.24) is 23.6 Å². The number of nitrogens with zero attached hydrogens (tertiary/aromatic N) is 6. The summed E-state index contributed by atoms with van der Waals surface area (Å²) in [6.07, 6.45) is 0. The van der Waals surface area contributed by atoms with E-state index in [1.54, 1.807) is 7.05 Å². The Morgan fingerprint density at radius 3 is 2.23 bits per heavy atom. The van der Waals surface area contributed by atoms with E-state index in [1.165, 1.54) is 17.2 Å². The van der Waals surface area contributed by atoms with E-state index in [-0.39, 0.29) is 5.56 Å². The van der Waals surface area contributed by atoms with E-state index in [0.29, 0.717) is 60.9 Å². The van der Waals surface area contributed by atoms with Crippen LogP contribution in [-0.2, 0) is 20.6 Å². The molecule has 5 rings (SSSR count). The molecule has 9 nitrogen and oxygen atoms in total. The van der Waals surface area contributed by atoms with Gasteiger partial charge in [-0.1, -0.05) is 54.0 Å². The Balaban J connectivity index is 1.40. The van der Waals surface area contributed by atoms with Gasteiger partial charge in [-0.15, -0.1) is 0 Å². The second-order valence-corrected chi connectivity index (χ2v) is 11.5. The lowest BCUT2D eigenvalue weighted by atomic mass is 10.0. The van der Waals surface area contributed by atoms with E-state index in [4.69, 9.17) is 17.2 Å². The minimum absolute atomic E-state index is 0.350. The number of anilines is 2. The van der Waals surface area contributed by atoms with E-state index in [1.807, 2.05) is 28.8 Å². The van der Waals surface area contributed by atoms with Crippen molar-refractivity contribution in [2.75, 3.05) is 36.4 Å². The van der Waals surface area contributed by atoms with Crippen LogP contribution in [0.2, 0.25) is 0 Å². The maximum atomic E-state index is 13.3. The number of piperazine rings is 1. The van der Waals surface area contributed by atoms with Crippen molar-refractivity contribution >= 4 is 56.1 Å². The van der Waals surface area contributed by atoms with Crippen molar-refractivity contribution in [2.24, 2.45) is 14.1 Å². The summed E-state index contributed by atoms with van der Waals surface area (Å²) in [6, 6.07) is 16.4. The predicted octanol–water partition coefficient (Wildman–Crippen LogP) is 3.89. The van der Waals surface area contributed by atoms with E-state index >= 15 is 0 Å². The molecule has 11 heteroatoms. The lowest BCUT2D eigenvalue weighted by Crippen LogP contribution is -2.50. The van der Waals surface area contributed by atoms with Gasteiger partial charge in [0.05, 0.1) is 6.54 Å². The van der Waals surface area contributed by atoms with Gasteiger partial charge < -0.3 is 15.1 Å². The number of fused-ring (bicyclic) bond motifs is 1. The Hall–Kier alpha value is -3.44. The normalized spacial score (nSPS) is 13.9. The highest BCUT2D eigenvalue weighted by atomic mass is 79.9. The molecule has 0 atom stereocenters. The lowest BCUT2D eigenvalue weighted by Gasteiger charge is -2.36. The van der Waals surface area contributed by atoms with Crippen molar-refractivity contribution < 1.29 is 0 Å². The molecule has 1 aliphatic heterocycles. The monoisotopic (exact) mass is 609 g/mol. The van der Waals surface area contributed by atoms with Gasteiger partial charge in [-0.25, -0.2) is 4.79 Å². The summed E-state index contributed by atoms with van der Waals surface area (Å²) in [5.74, 6) is 1.16. The third-order valence-electron chi connectivity index (χ3n) is 7.26. The highest BCUT2D eigenvalue weighted by Crippen LogP contribution is 2.24. The fraction of sp³-hybridized carbons (Fsp3) is 0.357. The van der Waals surface area contributed by atoms with Gasteiger partial charge in [0.2, 0.25) is 5.95 Å². The van der Waals surface area contributed by atoms with Crippen LogP contribution < -0.4 is 21.5 Å². The summed E-state index contributed by atoms with van der Waals surface area (Å²) in [4.78, 5) is 35.1. The second kappa shape index (κ2) is 11.0. The summed E-state index contributed by atoms with van der Waals surface area (Å²) in [5.41, 5.74) is 3.36. The molecule has 3 heterocycles. The van der Waals surface area contributed by atoms with E-state index < -0.39 is 5.69 Å². The number of nitrogens with one attached hydrogen (secondary N) is 1. The first-order valence-electron chi connectivity index (χ1n) is 13.0. The quantitative estimate of drug-likeness (QED) is 0.344. The Kier molecular flexibility index (Phi) is 7.64. The molecule has 2 aromatic carbocycles. The van der Waals surface area contributed by atoms with Gasteiger partial charge in [0, 0.05) is 50.4 Å². The molecule has 39 heavy (non-hydrogen) atoms. The highest BCUT2D eigenvalue weighted by Gasteiger charge is 2.26. The molecule has 4 aromatic rings. The van der Waals surface area contributed by atoms with E-state index in [0.717, 1.165) is 20.3 Å². The molecule has 204 valence electrons. The molecule has 0 saturated carbocycles. The summed E-state index contributed by atoms with van der Waals surface area (Å²) < 4.78 is 5.50. The van der Waals surface area contributed by atoms with Crippen LogP contribution in [0.3, 0.4) is 0 Å². The third kappa shape index (κ3) is 5.38. The van der Waals surface area contributed by atoms with Gasteiger partial charge in [-0.2, -0.15) is 4.98 Å². The summed E-state index contributed by atoms with van der Waals surface area (Å²) >= 11 is 9.21. The van der Waals surface area contributed by atoms with Crippen molar-refractivity contribution in [3.8, 4) is 0 Å². The smallest absolute Gasteiger partial charge is 0.332 e. The number of benzene rings is 2. The van der Waals surface area contributed by atoms with Crippen LogP contribution in [0.4, 0.5) is 11.6 Å². The first-order chi connectivity index (χ1) is 18.6. The van der Waals surface area contributed by atoms with Gasteiger partial charge >= 0.3 is 5.69 Å². The van der Waals surface area contributed by atoms with Crippen LogP contribution in [0.5, 0.6) is 0 Å². The number of hydrogen-bond acceptors (Lipinski definition) is 5. The van der Waals surface area contributed by atoms with Gasteiger partial charge in [-0.05, 0) is 53.5 Å². The number of imidazole rings is 1. The SMILES string of the molecule is CC(C)c1ccc(NC(=S)N2CCN(c3nc4c(c(=O)n(C)c(=O)n4C)n3Cc3ccc(Br)cc3)CC2)cc1. The van der Waals surface area contributed by atoms with Crippen LogP contribution in [0.25, 0.3) is 11.2 Å². The van der Waals surface area contributed by atoms with Crippen molar-refractivity contribution in [3.63, 3.8) is 0 Å². The first kappa shape index (κ1) is 27.1. The van der Waals surface area contributed by atoms with Gasteiger partial charge in [0.25, 0.3) is 5.56 Å². The first-order valence-corrected chi connectivity index (χ1v) is 14.2. The number of hydrogen-bond donors (Lipinski definition) is 1. The largest absolute Gasteiger partial charge is 0.345 e. The van der Waals surface area contributed by atoms with Gasteiger partial charge in [-0.3, -0.25) is 18.5 Å². The van der Waals surface area contributed by atoms with Crippen LogP contribution in [-0.4, -0.2) is 54.9 Å². The molecule has 0 radical (unpaired) electrons. The molecule has 0 unspecified atom stereocenters. The van der Waals surface area contributed by atoms with Crippen LogP contribution in [0.1, 0.15) is 30.9 Å². The van der Waals surface area contributed by atoms with Crippen molar-refractivity contribution in [2.45, 2.75) is 26.3 Å². The Morgan fingerprint density at radius 1 is 0.974 bits per heavy atom. The van der Waals surface area contributed by atoms with Crippen LogP contribution >= 0.6 is 28.1 Å². The number of aryl methyl sites for hydroxylation is 1. The van der Waals surface area contributed by atoms with Crippen molar-refractivity contribution in [3.05, 3.63) is 85.0 Å². The highest BCUT2D eigenvalue weighted by molar-refractivity contribution is 9.10. The summed E-state index contributed by atoms with van der Waals surface area (Å²) in [5, 5.41) is 4.05. The fourth-order valence-corrected chi connectivity index (χ4v) is 5.43. The topological polar surface area (TPSA) is 80.3 Å². The minimum atomic E-state index is -0.394. The Bertz CT molecular complexity index is 1630. The van der Waals surface area contributed by atoms with Crippen LogP contribution in [0.15, 0.2) is 62.6 Å². The fourth-order valence-electron chi connectivity index (χ4n) is 4.86. The maximum Gasteiger partial charge on any atom is 0.332 e. The molecule has 1 saturated heterocycles. The molecule has 1 N–H and O–H groups in total. The Morgan fingerprint density at radius 2 is 1.62 bits per heavy atom. The zero-order chi connectivity index (χ0) is 27.8. The van der Waals surface area contributed by atoms with Gasteiger partial charge in [0.15, 0.2) is 16.3 Å². The zero-order valence-corrected chi connectivity index (χ0v) is 24.9. The molecule has 0 spiro atoms. The summed E-state index contributed by atoms with van der Waals surface area (Å²) in [7, 11) is 3.16. The second-order valence-electron chi connectivity index (χ2n) is 10.2. The Labute approximate surface area is 240 Å². The molecule has 2 aromatic heterocycles.